The van der Waals surface area contributed by atoms with Gasteiger partial charge in [-0.3, -0.25) is 0 Å². The second-order valence-corrected chi connectivity index (χ2v) is 4.67. The average molecular weight is 283 g/mol. The fourth-order valence-electron chi connectivity index (χ4n) is 1.10. The molecule has 0 heterocycles. The predicted molar refractivity (Wildman–Crippen MR) is 42.9 cm³/mol. The standard InChI is InChI=1S/C6H11.BrH.Sn/c1-2-4-6-5-3-1;;/h1H,2-6H2;1H;. The van der Waals surface area contributed by atoms with Crippen molar-refractivity contribution in [2.45, 2.75) is 36.0 Å². The summed E-state index contributed by atoms with van der Waals surface area (Å²) >= 11 is 1.77. The SMILES string of the molecule is Br.[Sn][CH]1CCCCC1. The van der Waals surface area contributed by atoms with Crippen LogP contribution in [0, 0.1) is 0 Å². The van der Waals surface area contributed by atoms with Gasteiger partial charge in [0.1, 0.15) is 0 Å². The molecular formula is C6H12BrSn. The van der Waals surface area contributed by atoms with Crippen LogP contribution in [-0.4, -0.2) is 22.5 Å². The van der Waals surface area contributed by atoms with E-state index < -0.39 is 0 Å². The molecule has 1 aliphatic carbocycles. The van der Waals surface area contributed by atoms with E-state index in [4.69, 9.17) is 0 Å². The maximum absolute atomic E-state index is 1.77. The summed E-state index contributed by atoms with van der Waals surface area (Å²) in [6.45, 7) is 0. The molecule has 0 N–H and O–H groups in total. The topological polar surface area (TPSA) is 0 Å². The number of hydrogen-bond donors (Lipinski definition) is 0. The quantitative estimate of drug-likeness (QED) is 0.599. The monoisotopic (exact) mass is 283 g/mol. The van der Waals surface area contributed by atoms with E-state index in [1.807, 2.05) is 0 Å². The van der Waals surface area contributed by atoms with Crippen molar-refractivity contribution >= 4 is 39.5 Å². The van der Waals surface area contributed by atoms with Crippen molar-refractivity contribution in [2.24, 2.45) is 0 Å². The van der Waals surface area contributed by atoms with Crippen LogP contribution >= 0.6 is 17.0 Å². The molecule has 0 amide bonds. The van der Waals surface area contributed by atoms with Crippen LogP contribution in [-0.2, 0) is 0 Å². The zero-order valence-corrected chi connectivity index (χ0v) is 9.59. The summed E-state index contributed by atoms with van der Waals surface area (Å²) in [5, 5.41) is 0. The Balaban J connectivity index is 0.000000490. The molecule has 0 aromatic rings. The van der Waals surface area contributed by atoms with Gasteiger partial charge in [-0.25, -0.2) is 0 Å². The molecule has 0 bridgehead atoms. The van der Waals surface area contributed by atoms with E-state index in [2.05, 4.69) is 0 Å². The third kappa shape index (κ3) is 3.33. The summed E-state index contributed by atoms with van der Waals surface area (Å²) < 4.78 is 1.13. The van der Waals surface area contributed by atoms with Gasteiger partial charge in [0.25, 0.3) is 0 Å². The van der Waals surface area contributed by atoms with Gasteiger partial charge in [-0.1, -0.05) is 0 Å². The molecule has 0 nitrogen and oxygen atoms in total. The fraction of sp³-hybridized carbons (Fsp3) is 1.00. The summed E-state index contributed by atoms with van der Waals surface area (Å²) in [7, 11) is 0. The van der Waals surface area contributed by atoms with Gasteiger partial charge < -0.3 is 0 Å². The molecule has 3 radical (unpaired) electrons. The number of rotatable bonds is 0. The molecule has 1 rings (SSSR count). The Bertz CT molecular complexity index is 50.5. The van der Waals surface area contributed by atoms with Gasteiger partial charge in [0.2, 0.25) is 0 Å². The van der Waals surface area contributed by atoms with Gasteiger partial charge in [0.15, 0.2) is 0 Å². The van der Waals surface area contributed by atoms with E-state index in [9.17, 15) is 0 Å². The van der Waals surface area contributed by atoms with Crippen LogP contribution in [0.2, 0.25) is 3.93 Å². The summed E-state index contributed by atoms with van der Waals surface area (Å²) in [5.41, 5.74) is 0. The van der Waals surface area contributed by atoms with Gasteiger partial charge in [-0.2, -0.15) is 0 Å². The third-order valence-corrected chi connectivity index (χ3v) is 3.25. The molecule has 0 saturated heterocycles. The first-order chi connectivity index (χ1) is 3.39. The van der Waals surface area contributed by atoms with E-state index in [1.54, 1.807) is 22.5 Å². The summed E-state index contributed by atoms with van der Waals surface area (Å²) in [4.78, 5) is 0. The van der Waals surface area contributed by atoms with Crippen LogP contribution in [0.5, 0.6) is 0 Å². The van der Waals surface area contributed by atoms with Crippen molar-refractivity contribution in [1.29, 1.82) is 0 Å². The average Bonchev–Trinajstić information content (AvgIpc) is 1.69. The molecule has 8 heavy (non-hydrogen) atoms. The Labute approximate surface area is 75.3 Å². The van der Waals surface area contributed by atoms with Gasteiger partial charge >= 0.3 is 58.6 Å². The van der Waals surface area contributed by atoms with E-state index in [-0.39, 0.29) is 17.0 Å². The molecule has 0 spiro atoms. The second kappa shape index (κ2) is 5.09. The van der Waals surface area contributed by atoms with Crippen molar-refractivity contribution < 1.29 is 0 Å². The zero-order chi connectivity index (χ0) is 5.11. The molecule has 47 valence electrons. The number of hydrogen-bond acceptors (Lipinski definition) is 0. The second-order valence-electron chi connectivity index (χ2n) is 2.33. The van der Waals surface area contributed by atoms with Gasteiger partial charge in [0.05, 0.1) is 0 Å². The fourth-order valence-corrected chi connectivity index (χ4v) is 2.27. The molecule has 0 aliphatic heterocycles. The summed E-state index contributed by atoms with van der Waals surface area (Å²) in [5.74, 6) is 0. The Morgan fingerprint density at radius 2 is 1.50 bits per heavy atom. The Morgan fingerprint density at radius 3 is 1.75 bits per heavy atom. The van der Waals surface area contributed by atoms with E-state index in [0.717, 1.165) is 3.93 Å². The number of halogens is 1. The van der Waals surface area contributed by atoms with Crippen molar-refractivity contribution in [3.63, 3.8) is 0 Å². The first-order valence-corrected chi connectivity index (χ1v) is 4.75. The Morgan fingerprint density at radius 1 is 1.00 bits per heavy atom. The minimum absolute atomic E-state index is 0. The molecule has 0 aromatic carbocycles. The first-order valence-electron chi connectivity index (χ1n) is 3.11. The Kier molecular flexibility index (Phi) is 5.91. The molecule has 2 heteroatoms. The van der Waals surface area contributed by atoms with Crippen molar-refractivity contribution in [1.82, 2.24) is 0 Å². The molecular weight excluding hydrogens is 271 g/mol. The van der Waals surface area contributed by atoms with Crippen LogP contribution in [0.4, 0.5) is 0 Å². The van der Waals surface area contributed by atoms with Crippen LogP contribution in [0.3, 0.4) is 0 Å². The molecule has 1 fully saturated rings. The van der Waals surface area contributed by atoms with Crippen LogP contribution < -0.4 is 0 Å². The van der Waals surface area contributed by atoms with Crippen LogP contribution in [0.15, 0.2) is 0 Å². The molecule has 1 aliphatic rings. The van der Waals surface area contributed by atoms with Gasteiger partial charge in [-0.05, 0) is 0 Å². The van der Waals surface area contributed by atoms with Gasteiger partial charge in [-0.15, -0.1) is 17.0 Å². The van der Waals surface area contributed by atoms with Crippen LogP contribution in [0.1, 0.15) is 32.1 Å². The van der Waals surface area contributed by atoms with E-state index in [1.165, 1.54) is 32.1 Å². The van der Waals surface area contributed by atoms with E-state index >= 15 is 0 Å². The summed E-state index contributed by atoms with van der Waals surface area (Å²) in [6, 6.07) is 0. The Hall–Kier alpha value is 1.28. The normalized spacial score (nSPS) is 22.1. The summed E-state index contributed by atoms with van der Waals surface area (Å²) in [6.07, 6.45) is 7.58. The maximum atomic E-state index is 1.77. The zero-order valence-electron chi connectivity index (χ0n) is 5.02. The van der Waals surface area contributed by atoms with Gasteiger partial charge in [0, 0.05) is 0 Å². The first kappa shape index (κ1) is 9.28. The van der Waals surface area contributed by atoms with Crippen molar-refractivity contribution in [2.75, 3.05) is 0 Å². The predicted octanol–water partition coefficient (Wildman–Crippen LogP) is 2.49. The molecule has 0 aromatic heterocycles. The molecule has 0 atom stereocenters. The molecule has 0 unspecified atom stereocenters. The van der Waals surface area contributed by atoms with E-state index in [0.29, 0.717) is 0 Å². The molecule has 1 saturated carbocycles. The van der Waals surface area contributed by atoms with Crippen molar-refractivity contribution in [3.05, 3.63) is 0 Å². The third-order valence-electron chi connectivity index (χ3n) is 1.61. The minimum atomic E-state index is 0. The van der Waals surface area contributed by atoms with Crippen molar-refractivity contribution in [3.8, 4) is 0 Å². The van der Waals surface area contributed by atoms with Crippen LogP contribution in [0.25, 0.3) is 0 Å².